The van der Waals surface area contributed by atoms with Gasteiger partial charge in [0.1, 0.15) is 5.01 Å². The summed E-state index contributed by atoms with van der Waals surface area (Å²) in [5.74, 6) is 0.146. The van der Waals surface area contributed by atoms with Gasteiger partial charge in [-0.25, -0.2) is 13.2 Å². The largest absolute Gasteiger partial charge is 0.334 e. The van der Waals surface area contributed by atoms with Crippen molar-refractivity contribution in [1.82, 2.24) is 15.5 Å². The van der Waals surface area contributed by atoms with Gasteiger partial charge in [-0.05, 0) is 12.8 Å². The molecule has 0 unspecified atom stereocenters. The van der Waals surface area contributed by atoms with E-state index in [4.69, 9.17) is 0 Å². The van der Waals surface area contributed by atoms with E-state index in [0.29, 0.717) is 11.6 Å². The van der Waals surface area contributed by atoms with Gasteiger partial charge in [-0.15, -0.1) is 10.2 Å². The van der Waals surface area contributed by atoms with Gasteiger partial charge in [-0.1, -0.05) is 18.3 Å². The molecule has 7 nitrogen and oxygen atoms in total. The summed E-state index contributed by atoms with van der Waals surface area (Å²) in [6.45, 7) is 1.95. The van der Waals surface area contributed by atoms with Crippen LogP contribution in [-0.4, -0.2) is 42.2 Å². The maximum Gasteiger partial charge on any atom is 0.321 e. The molecule has 0 saturated carbocycles. The normalized spacial score (nSPS) is 21.7. The minimum absolute atomic E-state index is 0.0107. The zero-order valence-corrected chi connectivity index (χ0v) is 11.5. The number of rotatable bonds is 3. The van der Waals surface area contributed by atoms with E-state index in [2.05, 4.69) is 20.8 Å². The van der Waals surface area contributed by atoms with Crippen LogP contribution in [0.3, 0.4) is 0 Å². The minimum atomic E-state index is -2.98. The number of aryl methyl sites for hydroxylation is 1. The molecule has 1 saturated heterocycles. The highest BCUT2D eigenvalue weighted by Gasteiger charge is 2.29. The van der Waals surface area contributed by atoms with Crippen molar-refractivity contribution in [3.8, 4) is 0 Å². The molecule has 2 amide bonds. The van der Waals surface area contributed by atoms with Gasteiger partial charge in [0.2, 0.25) is 5.13 Å². The molecule has 18 heavy (non-hydrogen) atoms. The standard InChI is InChI=1S/C9H14N4O3S2/c1-2-7-12-13-9(17-7)11-8(14)10-6-3-4-18(15,16)5-6/h6H,2-5H2,1H3,(H2,10,11,13,14)/t6-/m0/s1. The molecular weight excluding hydrogens is 276 g/mol. The number of carbonyl (C=O) groups excluding carboxylic acids is 1. The highest BCUT2D eigenvalue weighted by Crippen LogP contribution is 2.16. The molecule has 0 aliphatic carbocycles. The van der Waals surface area contributed by atoms with E-state index in [-0.39, 0.29) is 17.5 Å². The highest BCUT2D eigenvalue weighted by molar-refractivity contribution is 7.91. The van der Waals surface area contributed by atoms with Crippen LogP contribution in [0.5, 0.6) is 0 Å². The topological polar surface area (TPSA) is 101 Å². The van der Waals surface area contributed by atoms with Gasteiger partial charge in [-0.2, -0.15) is 0 Å². The number of amides is 2. The summed E-state index contributed by atoms with van der Waals surface area (Å²) in [6, 6.07) is -0.746. The summed E-state index contributed by atoms with van der Waals surface area (Å²) in [7, 11) is -2.98. The second-order valence-corrected chi connectivity index (χ2v) is 7.34. The Morgan fingerprint density at radius 2 is 2.28 bits per heavy atom. The number of anilines is 1. The van der Waals surface area contributed by atoms with Crippen LogP contribution in [0.15, 0.2) is 0 Å². The van der Waals surface area contributed by atoms with Crippen LogP contribution < -0.4 is 10.6 Å². The van der Waals surface area contributed by atoms with Gasteiger partial charge in [-0.3, -0.25) is 5.32 Å². The Morgan fingerprint density at radius 1 is 1.50 bits per heavy atom. The van der Waals surface area contributed by atoms with Crippen LogP contribution in [0, 0.1) is 0 Å². The Kier molecular flexibility index (Phi) is 3.81. The quantitative estimate of drug-likeness (QED) is 0.839. The number of carbonyl (C=O) groups is 1. The number of nitrogens with zero attached hydrogens (tertiary/aromatic N) is 2. The van der Waals surface area contributed by atoms with E-state index in [1.54, 1.807) is 0 Å². The van der Waals surface area contributed by atoms with Crippen molar-refractivity contribution in [3.63, 3.8) is 0 Å². The lowest BCUT2D eigenvalue weighted by atomic mass is 10.3. The molecule has 100 valence electrons. The Balaban J connectivity index is 1.86. The Labute approximate surface area is 109 Å². The van der Waals surface area contributed by atoms with E-state index in [0.717, 1.165) is 11.4 Å². The molecule has 0 bridgehead atoms. The third-order valence-electron chi connectivity index (χ3n) is 2.56. The first-order chi connectivity index (χ1) is 8.48. The Bertz CT molecular complexity index is 540. The van der Waals surface area contributed by atoms with Gasteiger partial charge in [0.15, 0.2) is 9.84 Å². The lowest BCUT2D eigenvalue weighted by Gasteiger charge is -2.09. The van der Waals surface area contributed by atoms with Crippen molar-refractivity contribution >= 4 is 32.3 Å². The van der Waals surface area contributed by atoms with Gasteiger partial charge in [0, 0.05) is 6.04 Å². The Hall–Kier alpha value is -1.22. The second kappa shape index (κ2) is 5.19. The van der Waals surface area contributed by atoms with Gasteiger partial charge >= 0.3 is 6.03 Å². The lowest BCUT2D eigenvalue weighted by molar-refractivity contribution is 0.249. The van der Waals surface area contributed by atoms with E-state index in [9.17, 15) is 13.2 Å². The van der Waals surface area contributed by atoms with Crippen molar-refractivity contribution in [2.75, 3.05) is 16.8 Å². The third-order valence-corrected chi connectivity index (χ3v) is 5.31. The molecule has 0 aromatic carbocycles. The molecule has 2 rings (SSSR count). The van der Waals surface area contributed by atoms with Crippen LogP contribution in [0.2, 0.25) is 0 Å². The molecule has 1 aromatic rings. The average molecular weight is 290 g/mol. The molecular formula is C9H14N4O3S2. The molecule has 9 heteroatoms. The summed E-state index contributed by atoms with van der Waals surface area (Å²) in [4.78, 5) is 11.6. The van der Waals surface area contributed by atoms with Crippen molar-refractivity contribution in [2.24, 2.45) is 0 Å². The fourth-order valence-electron chi connectivity index (χ4n) is 1.67. The number of sulfone groups is 1. The molecule has 1 aliphatic heterocycles. The van der Waals surface area contributed by atoms with Gasteiger partial charge in [0.05, 0.1) is 11.5 Å². The fraction of sp³-hybridized carbons (Fsp3) is 0.667. The zero-order chi connectivity index (χ0) is 13.2. The maximum atomic E-state index is 11.6. The van der Waals surface area contributed by atoms with Crippen LogP contribution >= 0.6 is 11.3 Å². The second-order valence-electron chi connectivity index (χ2n) is 4.05. The van der Waals surface area contributed by atoms with Crippen molar-refractivity contribution in [1.29, 1.82) is 0 Å². The van der Waals surface area contributed by atoms with Crippen LogP contribution in [0.4, 0.5) is 9.93 Å². The van der Waals surface area contributed by atoms with Crippen molar-refractivity contribution < 1.29 is 13.2 Å². The first-order valence-electron chi connectivity index (χ1n) is 5.59. The summed E-state index contributed by atoms with van der Waals surface area (Å²) in [5.41, 5.74) is 0. The van der Waals surface area contributed by atoms with Gasteiger partial charge in [0.25, 0.3) is 0 Å². The number of nitrogens with one attached hydrogen (secondary N) is 2. The van der Waals surface area contributed by atoms with Crippen molar-refractivity contribution in [2.45, 2.75) is 25.8 Å². The molecule has 0 spiro atoms. The van der Waals surface area contributed by atoms with E-state index in [1.807, 2.05) is 6.92 Å². The van der Waals surface area contributed by atoms with E-state index >= 15 is 0 Å². The van der Waals surface area contributed by atoms with E-state index < -0.39 is 15.9 Å². The summed E-state index contributed by atoms with van der Waals surface area (Å²) < 4.78 is 22.5. The van der Waals surface area contributed by atoms with Crippen molar-refractivity contribution in [3.05, 3.63) is 5.01 Å². The van der Waals surface area contributed by atoms with E-state index in [1.165, 1.54) is 11.3 Å². The monoisotopic (exact) mass is 290 g/mol. The molecule has 1 aromatic heterocycles. The molecule has 1 atom stereocenters. The zero-order valence-electron chi connectivity index (χ0n) is 9.84. The number of hydrogen-bond donors (Lipinski definition) is 2. The minimum Gasteiger partial charge on any atom is -0.334 e. The molecule has 1 aliphatic rings. The SMILES string of the molecule is CCc1nnc(NC(=O)N[C@H]2CCS(=O)(=O)C2)s1. The average Bonchev–Trinajstić information content (AvgIpc) is 2.85. The Morgan fingerprint density at radius 3 is 2.83 bits per heavy atom. The third kappa shape index (κ3) is 3.39. The maximum absolute atomic E-state index is 11.6. The van der Waals surface area contributed by atoms with Gasteiger partial charge < -0.3 is 5.32 Å². The molecule has 1 fully saturated rings. The van der Waals surface area contributed by atoms with Crippen LogP contribution in [-0.2, 0) is 16.3 Å². The predicted octanol–water partition coefficient (Wildman–Crippen LogP) is 0.409. The number of aromatic nitrogens is 2. The van der Waals surface area contributed by atoms with Crippen LogP contribution in [0.1, 0.15) is 18.4 Å². The highest BCUT2D eigenvalue weighted by atomic mass is 32.2. The first kappa shape index (κ1) is 13.2. The number of urea groups is 1. The molecule has 0 radical (unpaired) electrons. The molecule has 2 N–H and O–H groups in total. The predicted molar refractivity (Wildman–Crippen MR) is 68.5 cm³/mol. The molecule has 2 heterocycles. The summed E-state index contributed by atoms with van der Waals surface area (Å²) in [5, 5.41) is 14.1. The fourth-order valence-corrected chi connectivity index (χ4v) is 4.02. The number of hydrogen-bond acceptors (Lipinski definition) is 6. The summed E-state index contributed by atoms with van der Waals surface area (Å²) >= 11 is 1.31. The summed E-state index contributed by atoms with van der Waals surface area (Å²) in [6.07, 6.45) is 1.23. The van der Waals surface area contributed by atoms with Crippen LogP contribution in [0.25, 0.3) is 0 Å². The first-order valence-corrected chi connectivity index (χ1v) is 8.22. The smallest absolute Gasteiger partial charge is 0.321 e. The lowest BCUT2D eigenvalue weighted by Crippen LogP contribution is -2.38.